The maximum Gasteiger partial charge on any atom is 0.311 e. The highest BCUT2D eigenvalue weighted by Gasteiger charge is 2.39. The van der Waals surface area contributed by atoms with Crippen LogP contribution in [0, 0.1) is 0 Å². The summed E-state index contributed by atoms with van der Waals surface area (Å²) in [7, 11) is -9.51. The molecule has 0 unspecified atom stereocenters. The summed E-state index contributed by atoms with van der Waals surface area (Å²) in [6, 6.07) is 2.17. The molecule has 0 amide bonds. The smallest absolute Gasteiger partial charge is 0.311 e. The van der Waals surface area contributed by atoms with Gasteiger partial charge in [-0.15, -0.1) is 0 Å². The molecule has 0 radical (unpaired) electrons. The molecule has 10 heteroatoms. The maximum absolute atomic E-state index is 10.6. The predicted molar refractivity (Wildman–Crippen MR) is 116 cm³/mol. The van der Waals surface area contributed by atoms with Crippen molar-refractivity contribution in [2.75, 3.05) is 19.0 Å². The summed E-state index contributed by atoms with van der Waals surface area (Å²) in [4.78, 5) is 0. The molecule has 26 heavy (non-hydrogen) atoms. The van der Waals surface area contributed by atoms with Gasteiger partial charge in [0.25, 0.3) is 10.1 Å². The maximum atomic E-state index is 10.6. The van der Waals surface area contributed by atoms with Gasteiger partial charge in [-0.3, -0.25) is 4.55 Å². The van der Waals surface area contributed by atoms with E-state index in [2.05, 4.69) is 46.2 Å². The van der Waals surface area contributed by atoms with Crippen LogP contribution < -0.4 is 0 Å². The average molecular weight is 445 g/mol. The van der Waals surface area contributed by atoms with Crippen molar-refractivity contribution in [2.24, 2.45) is 0 Å². The lowest BCUT2D eigenvalue weighted by Crippen LogP contribution is -2.52. The van der Waals surface area contributed by atoms with E-state index in [1.165, 1.54) is 18.9 Å². The molecule has 0 aliphatic rings. The van der Waals surface area contributed by atoms with Crippen molar-refractivity contribution in [2.45, 2.75) is 84.0 Å². The fourth-order valence-electron chi connectivity index (χ4n) is 3.10. The van der Waals surface area contributed by atoms with Gasteiger partial charge in [-0.1, -0.05) is 19.8 Å². The molecule has 0 aliphatic carbocycles. The van der Waals surface area contributed by atoms with Gasteiger partial charge < -0.3 is 13.0 Å². The minimum atomic E-state index is -3.88. The van der Waals surface area contributed by atoms with E-state index in [0.717, 1.165) is 12.5 Å². The van der Waals surface area contributed by atoms with E-state index >= 15 is 0 Å². The summed E-state index contributed by atoms with van der Waals surface area (Å²) in [6.07, 6.45) is 3.64. The summed E-state index contributed by atoms with van der Waals surface area (Å²) in [5.41, 5.74) is 0. The highest BCUT2D eigenvalue weighted by Crippen LogP contribution is 2.26. The lowest BCUT2D eigenvalue weighted by atomic mass is 10.4. The summed E-state index contributed by atoms with van der Waals surface area (Å²) in [5, 5.41) is 0. The van der Waals surface area contributed by atoms with E-state index in [9.17, 15) is 8.42 Å². The van der Waals surface area contributed by atoms with Gasteiger partial charge in [-0.25, -0.2) is 0 Å². The largest absolute Gasteiger partial charge is 0.437 e. The van der Waals surface area contributed by atoms with Crippen LogP contribution in [0.3, 0.4) is 0 Å². The van der Waals surface area contributed by atoms with Gasteiger partial charge in [-0.05, 0) is 64.2 Å². The van der Waals surface area contributed by atoms with Gasteiger partial charge >= 0.3 is 8.56 Å². The Balaban J connectivity index is 4.17. The summed E-state index contributed by atoms with van der Waals surface area (Å²) in [6.45, 7) is 16.5. The van der Waals surface area contributed by atoms with Gasteiger partial charge in [0.05, 0.1) is 5.75 Å². The van der Waals surface area contributed by atoms with Crippen LogP contribution in [0.15, 0.2) is 0 Å². The second kappa shape index (κ2) is 11.4. The molecular weight excluding hydrogens is 404 g/mol. The lowest BCUT2D eigenvalue weighted by Gasteiger charge is -2.38. The average Bonchev–Trinajstić information content (AvgIpc) is 2.40. The van der Waals surface area contributed by atoms with Gasteiger partial charge in [0, 0.05) is 13.2 Å². The summed E-state index contributed by atoms with van der Waals surface area (Å²) >= 11 is 0. The SMILES string of the molecule is CCCC[Si](C)(C)O[Si](C)(C)O[Si](C)(C)CCCOCCCS(=O)(=O)O. The normalized spacial score (nSPS) is 14.0. The van der Waals surface area contributed by atoms with Crippen molar-refractivity contribution < 1.29 is 25.9 Å². The van der Waals surface area contributed by atoms with Crippen LogP contribution in [0.25, 0.3) is 0 Å². The van der Waals surface area contributed by atoms with Crippen LogP contribution in [0.1, 0.15) is 32.6 Å². The first-order valence-electron chi connectivity index (χ1n) is 9.61. The molecule has 0 aromatic heterocycles. The fourth-order valence-corrected chi connectivity index (χ4v) is 17.8. The zero-order chi connectivity index (χ0) is 20.5. The Morgan fingerprint density at radius 3 is 1.73 bits per heavy atom. The molecule has 0 saturated carbocycles. The highest BCUT2D eigenvalue weighted by atomic mass is 32.2. The standard InChI is InChI=1S/C16H40O6SSi3/c1-8-9-15-24(2,3)21-26(6,7)22-25(4,5)16-11-13-20-12-10-14-23(17,18)19/h8-16H2,1-7H3,(H,17,18,19). The first kappa shape index (κ1) is 26.4. The minimum Gasteiger partial charge on any atom is -0.437 e. The van der Waals surface area contributed by atoms with Crippen molar-refractivity contribution in [1.29, 1.82) is 0 Å². The fraction of sp³-hybridized carbons (Fsp3) is 1.00. The Morgan fingerprint density at radius 2 is 1.27 bits per heavy atom. The summed E-state index contributed by atoms with van der Waals surface area (Å²) < 4.78 is 48.4. The quantitative estimate of drug-likeness (QED) is 0.225. The molecule has 0 rings (SSSR count). The third kappa shape index (κ3) is 15.5. The Kier molecular flexibility index (Phi) is 11.6. The lowest BCUT2D eigenvalue weighted by molar-refractivity contribution is 0.135. The zero-order valence-corrected chi connectivity index (χ0v) is 21.6. The van der Waals surface area contributed by atoms with Crippen LogP contribution in [0.5, 0.6) is 0 Å². The zero-order valence-electron chi connectivity index (χ0n) is 17.8. The van der Waals surface area contributed by atoms with Gasteiger partial charge in [0.1, 0.15) is 0 Å². The molecule has 0 bridgehead atoms. The molecule has 1 N–H and O–H groups in total. The molecule has 0 aromatic carbocycles. The topological polar surface area (TPSA) is 82.1 Å². The number of hydrogen-bond donors (Lipinski definition) is 1. The van der Waals surface area contributed by atoms with Gasteiger partial charge in [0.15, 0.2) is 16.6 Å². The van der Waals surface area contributed by atoms with Crippen molar-refractivity contribution in [3.05, 3.63) is 0 Å². The molecule has 0 atom stereocenters. The van der Waals surface area contributed by atoms with Crippen LogP contribution in [-0.2, 0) is 23.1 Å². The molecule has 0 aromatic rings. The van der Waals surface area contributed by atoms with Crippen LogP contribution in [0.2, 0.25) is 51.4 Å². The second-order valence-corrected chi connectivity index (χ2v) is 22.6. The molecule has 0 fully saturated rings. The molecule has 0 aliphatic heterocycles. The Morgan fingerprint density at radius 1 is 0.808 bits per heavy atom. The first-order valence-corrected chi connectivity index (χ1v) is 20.3. The van der Waals surface area contributed by atoms with Crippen LogP contribution in [-0.4, -0.2) is 57.1 Å². The molecule has 0 heterocycles. The molecule has 0 spiro atoms. The first-order chi connectivity index (χ1) is 11.7. The van der Waals surface area contributed by atoms with Crippen molar-refractivity contribution in [3.63, 3.8) is 0 Å². The number of rotatable bonds is 15. The number of ether oxygens (including phenoxy) is 1. The summed E-state index contributed by atoms with van der Waals surface area (Å²) in [5.74, 6) is -0.245. The second-order valence-electron chi connectivity index (χ2n) is 8.58. The number of unbranched alkanes of at least 4 members (excludes halogenated alkanes) is 1. The van der Waals surface area contributed by atoms with E-state index in [4.69, 9.17) is 17.5 Å². The molecular formula is C16H40O6SSi3. The highest BCUT2D eigenvalue weighted by molar-refractivity contribution is 7.85. The Hall–Kier alpha value is 0.441. The van der Waals surface area contributed by atoms with E-state index < -0.39 is 35.3 Å². The van der Waals surface area contributed by atoms with Gasteiger partial charge in [-0.2, -0.15) is 8.42 Å². The van der Waals surface area contributed by atoms with Crippen LogP contribution in [0.4, 0.5) is 0 Å². The Bertz CT molecular complexity index is 494. The molecule has 6 nitrogen and oxygen atoms in total. The molecule has 0 saturated heterocycles. The number of hydrogen-bond acceptors (Lipinski definition) is 5. The third-order valence-electron chi connectivity index (χ3n) is 3.94. The van der Waals surface area contributed by atoms with E-state index in [0.29, 0.717) is 19.6 Å². The van der Waals surface area contributed by atoms with E-state index in [1.807, 2.05) is 0 Å². The van der Waals surface area contributed by atoms with E-state index in [-0.39, 0.29) is 5.75 Å². The van der Waals surface area contributed by atoms with Crippen LogP contribution >= 0.6 is 0 Å². The monoisotopic (exact) mass is 444 g/mol. The van der Waals surface area contributed by atoms with E-state index in [1.54, 1.807) is 0 Å². The Labute approximate surface area is 164 Å². The van der Waals surface area contributed by atoms with Crippen molar-refractivity contribution >= 4 is 35.3 Å². The third-order valence-corrected chi connectivity index (χ3v) is 16.2. The van der Waals surface area contributed by atoms with Crippen molar-refractivity contribution in [1.82, 2.24) is 0 Å². The molecule has 158 valence electrons. The van der Waals surface area contributed by atoms with Gasteiger partial charge in [0.2, 0.25) is 0 Å². The van der Waals surface area contributed by atoms with Crippen molar-refractivity contribution in [3.8, 4) is 0 Å². The minimum absolute atomic E-state index is 0.245. The predicted octanol–water partition coefficient (Wildman–Crippen LogP) is 4.62.